The van der Waals surface area contributed by atoms with Gasteiger partial charge in [0.15, 0.2) is 0 Å². The van der Waals surface area contributed by atoms with Crippen molar-refractivity contribution < 1.29 is 9.18 Å². The summed E-state index contributed by atoms with van der Waals surface area (Å²) in [6.45, 7) is 3.02. The Bertz CT molecular complexity index is 1100. The molecule has 0 saturated carbocycles. The minimum atomic E-state index is -0.845. The molecule has 1 aliphatic heterocycles. The highest BCUT2D eigenvalue weighted by Crippen LogP contribution is 2.29. The summed E-state index contributed by atoms with van der Waals surface area (Å²) in [6.07, 6.45) is 3.67. The van der Waals surface area contributed by atoms with E-state index in [1.807, 2.05) is 42.2 Å². The highest BCUT2D eigenvalue weighted by molar-refractivity contribution is 7.20. The monoisotopic (exact) mass is 429 g/mol. The topological polar surface area (TPSA) is 79.6 Å². The number of aryl methyl sites for hydroxylation is 1. The predicted molar refractivity (Wildman–Crippen MR) is 114 cm³/mol. The molecule has 1 N–H and O–H groups in total. The van der Waals surface area contributed by atoms with E-state index in [1.165, 1.54) is 11.3 Å². The first-order chi connectivity index (χ1) is 14.6. The van der Waals surface area contributed by atoms with Gasteiger partial charge in [0.25, 0.3) is 0 Å². The molecule has 0 aliphatic carbocycles. The van der Waals surface area contributed by atoms with E-state index in [0.717, 1.165) is 22.9 Å². The first-order valence-corrected chi connectivity index (χ1v) is 11.1. The fourth-order valence-corrected chi connectivity index (χ4v) is 4.70. The minimum Gasteiger partial charge on any atom is -0.350 e. The van der Waals surface area contributed by atoms with Crippen LogP contribution in [-0.2, 0) is 17.8 Å². The summed E-state index contributed by atoms with van der Waals surface area (Å²) < 4.78 is 15.3. The molecule has 1 amide bonds. The van der Waals surface area contributed by atoms with E-state index in [1.54, 1.807) is 0 Å². The molecule has 2 aromatic heterocycles. The van der Waals surface area contributed by atoms with E-state index in [4.69, 9.17) is 0 Å². The van der Waals surface area contributed by atoms with Crippen LogP contribution in [0.15, 0.2) is 35.1 Å². The van der Waals surface area contributed by atoms with E-state index in [9.17, 15) is 14.0 Å². The smallest absolute Gasteiger partial charge is 0.311 e. The third kappa shape index (κ3) is 4.07. The molecule has 7 nitrogen and oxygen atoms in total. The highest BCUT2D eigenvalue weighted by atomic mass is 32.1. The lowest BCUT2D eigenvalue weighted by molar-refractivity contribution is -0.123. The van der Waals surface area contributed by atoms with Crippen LogP contribution >= 0.6 is 11.3 Å². The molecule has 3 heterocycles. The molecule has 9 heteroatoms. The van der Waals surface area contributed by atoms with Gasteiger partial charge >= 0.3 is 5.56 Å². The van der Waals surface area contributed by atoms with Gasteiger partial charge in [-0.15, -0.1) is 5.10 Å². The number of nitrogens with one attached hydrogen (secondary N) is 1. The number of hydrogen-bond acceptors (Lipinski definition) is 6. The number of rotatable bonds is 6. The number of halogens is 1. The molecule has 1 aliphatic rings. The van der Waals surface area contributed by atoms with Crippen LogP contribution in [0.2, 0.25) is 0 Å². The van der Waals surface area contributed by atoms with Gasteiger partial charge in [-0.25, -0.2) is 4.98 Å². The number of nitrogens with zero attached hydrogens (tertiary/aromatic N) is 4. The number of carbonyl (C=O) groups is 1. The van der Waals surface area contributed by atoms with Crippen LogP contribution < -0.4 is 15.8 Å². The second-order valence-corrected chi connectivity index (χ2v) is 8.35. The van der Waals surface area contributed by atoms with Gasteiger partial charge in [-0.05, 0) is 31.2 Å². The summed E-state index contributed by atoms with van der Waals surface area (Å²) in [6, 6.07) is 9.36. The van der Waals surface area contributed by atoms with Gasteiger partial charge in [-0.3, -0.25) is 9.59 Å². The number of aromatic nitrogens is 3. The second-order valence-electron chi connectivity index (χ2n) is 7.42. The quantitative estimate of drug-likeness (QED) is 0.652. The molecule has 30 heavy (non-hydrogen) atoms. The number of amides is 1. The van der Waals surface area contributed by atoms with Gasteiger partial charge < -0.3 is 10.2 Å². The largest absolute Gasteiger partial charge is 0.350 e. The standard InChI is InChI=1S/C21H24FN5O2S/c1-2-8-15-17(22)19(29)27-20(24-15)30-21(25-27)26-12-7-6-11-16(26)18(28)23-13-14-9-4-3-5-10-14/h3-5,9-10,16H,2,6-8,11-13H2,1H3,(H,23,28)/t16-/m1/s1. The third-order valence-corrected chi connectivity index (χ3v) is 6.21. The molecule has 4 rings (SSSR count). The van der Waals surface area contributed by atoms with Crippen molar-refractivity contribution in [2.24, 2.45) is 0 Å². The SMILES string of the molecule is CCCc1nc2sc(N3CCCC[C@@H]3C(=O)NCc3ccccc3)nn2c(=O)c1F. The van der Waals surface area contributed by atoms with Crippen LogP contribution in [0.5, 0.6) is 0 Å². The van der Waals surface area contributed by atoms with Gasteiger partial charge in [0.1, 0.15) is 6.04 Å². The molecule has 1 fully saturated rings. The molecule has 158 valence electrons. The molecule has 1 saturated heterocycles. The number of fused-ring (bicyclic) bond motifs is 1. The maximum Gasteiger partial charge on any atom is 0.311 e. The summed E-state index contributed by atoms with van der Waals surface area (Å²) in [5.41, 5.74) is 0.421. The van der Waals surface area contributed by atoms with Crippen LogP contribution in [0.25, 0.3) is 4.96 Å². The lowest BCUT2D eigenvalue weighted by Gasteiger charge is -2.34. The summed E-state index contributed by atoms with van der Waals surface area (Å²) in [5, 5.41) is 7.84. The first kappa shape index (κ1) is 20.5. The van der Waals surface area contributed by atoms with Crippen LogP contribution in [0.3, 0.4) is 0 Å². The number of carbonyl (C=O) groups excluding carboxylic acids is 1. The summed E-state index contributed by atoms with van der Waals surface area (Å²) in [7, 11) is 0. The van der Waals surface area contributed by atoms with Crippen LogP contribution in [0.4, 0.5) is 9.52 Å². The number of anilines is 1. The van der Waals surface area contributed by atoms with Gasteiger partial charge in [0, 0.05) is 13.1 Å². The van der Waals surface area contributed by atoms with Crippen molar-refractivity contribution in [1.29, 1.82) is 0 Å². The van der Waals surface area contributed by atoms with Gasteiger partial charge in [0.05, 0.1) is 5.69 Å². The first-order valence-electron chi connectivity index (χ1n) is 10.2. The van der Waals surface area contributed by atoms with Crippen molar-refractivity contribution >= 4 is 27.3 Å². The Labute approximate surface area is 177 Å². The second kappa shape index (κ2) is 8.91. The van der Waals surface area contributed by atoms with Crippen molar-refractivity contribution in [3.8, 4) is 0 Å². The lowest BCUT2D eigenvalue weighted by atomic mass is 10.0. The van der Waals surface area contributed by atoms with E-state index >= 15 is 0 Å². The Hall–Kier alpha value is -2.81. The normalized spacial score (nSPS) is 16.7. The number of hydrogen-bond donors (Lipinski definition) is 1. The van der Waals surface area contributed by atoms with Crippen molar-refractivity contribution in [3.63, 3.8) is 0 Å². The Balaban J connectivity index is 1.59. The molecule has 1 atom stereocenters. The molecule has 0 radical (unpaired) electrons. The molecular weight excluding hydrogens is 405 g/mol. The fraction of sp³-hybridized carbons (Fsp3) is 0.429. The fourth-order valence-electron chi connectivity index (χ4n) is 3.71. The zero-order valence-electron chi connectivity index (χ0n) is 16.8. The zero-order valence-corrected chi connectivity index (χ0v) is 17.6. The van der Waals surface area contributed by atoms with Crippen molar-refractivity contribution in [1.82, 2.24) is 19.9 Å². The third-order valence-electron chi connectivity index (χ3n) is 5.26. The van der Waals surface area contributed by atoms with E-state index in [-0.39, 0.29) is 17.6 Å². The van der Waals surface area contributed by atoms with Gasteiger partial charge in [-0.2, -0.15) is 8.91 Å². The van der Waals surface area contributed by atoms with Crippen LogP contribution in [0.1, 0.15) is 43.9 Å². The molecule has 0 bridgehead atoms. The van der Waals surface area contributed by atoms with Crippen molar-refractivity contribution in [3.05, 3.63) is 57.8 Å². The summed E-state index contributed by atoms with van der Waals surface area (Å²) in [5.74, 6) is -0.919. The molecule has 1 aromatic carbocycles. The summed E-state index contributed by atoms with van der Waals surface area (Å²) >= 11 is 1.22. The minimum absolute atomic E-state index is 0.0732. The number of piperidine rings is 1. The molecule has 0 unspecified atom stereocenters. The average Bonchev–Trinajstić information content (AvgIpc) is 3.20. The van der Waals surface area contributed by atoms with E-state index < -0.39 is 11.4 Å². The average molecular weight is 430 g/mol. The Kier molecular flexibility index (Phi) is 6.08. The maximum atomic E-state index is 14.3. The predicted octanol–water partition coefficient (Wildman–Crippen LogP) is 2.92. The van der Waals surface area contributed by atoms with Crippen LogP contribution in [0, 0.1) is 5.82 Å². The zero-order chi connectivity index (χ0) is 21.1. The van der Waals surface area contributed by atoms with E-state index in [2.05, 4.69) is 15.4 Å². The highest BCUT2D eigenvalue weighted by Gasteiger charge is 2.31. The van der Waals surface area contributed by atoms with Gasteiger partial charge in [-0.1, -0.05) is 55.0 Å². The van der Waals surface area contributed by atoms with Crippen LogP contribution in [-0.4, -0.2) is 33.1 Å². The lowest BCUT2D eigenvalue weighted by Crippen LogP contribution is -2.49. The van der Waals surface area contributed by atoms with E-state index in [0.29, 0.717) is 42.4 Å². The molecule has 3 aromatic rings. The molecular formula is C21H24FN5O2S. The van der Waals surface area contributed by atoms with Crippen molar-refractivity contribution in [2.75, 3.05) is 11.4 Å². The van der Waals surface area contributed by atoms with Crippen molar-refractivity contribution in [2.45, 2.75) is 51.6 Å². The Morgan fingerprint density at radius 2 is 2.10 bits per heavy atom. The Morgan fingerprint density at radius 1 is 1.30 bits per heavy atom. The maximum absolute atomic E-state index is 14.3. The summed E-state index contributed by atoms with van der Waals surface area (Å²) in [4.78, 5) is 31.9. The number of benzene rings is 1. The van der Waals surface area contributed by atoms with Gasteiger partial charge in [0.2, 0.25) is 21.8 Å². The molecule has 0 spiro atoms. The Morgan fingerprint density at radius 3 is 2.87 bits per heavy atom.